The van der Waals surface area contributed by atoms with Gasteiger partial charge in [-0.05, 0) is 52.4 Å². The van der Waals surface area contributed by atoms with Gasteiger partial charge >= 0.3 is 0 Å². The van der Waals surface area contributed by atoms with Crippen LogP contribution in [-0.2, 0) is 6.54 Å². The molecule has 1 N–H and O–H groups in total. The van der Waals surface area contributed by atoms with E-state index in [1.54, 1.807) is 0 Å². The smallest absolute Gasteiger partial charge is 0.137 e. The standard InChI is InChI=1S/C14H17BrFNO/c15-12-5-9(1-3-13(12)16)6-17-7-10-2-4-14(18)11(10)8-17/h1,3,5,10-11,14,18H,2,4,6-8H2. The molecule has 4 heteroatoms. The number of rotatable bonds is 2. The molecule has 1 aliphatic heterocycles. The van der Waals surface area contributed by atoms with Gasteiger partial charge in [0.25, 0.3) is 0 Å². The molecule has 1 aromatic carbocycles. The third kappa shape index (κ3) is 2.33. The number of benzene rings is 1. The highest BCUT2D eigenvalue weighted by molar-refractivity contribution is 9.10. The highest BCUT2D eigenvalue weighted by Gasteiger charge is 2.41. The summed E-state index contributed by atoms with van der Waals surface area (Å²) in [7, 11) is 0. The molecule has 1 saturated carbocycles. The largest absolute Gasteiger partial charge is 0.393 e. The predicted molar refractivity (Wildman–Crippen MR) is 71.6 cm³/mol. The summed E-state index contributed by atoms with van der Waals surface area (Å²) in [6.45, 7) is 2.89. The van der Waals surface area contributed by atoms with Crippen molar-refractivity contribution in [2.24, 2.45) is 11.8 Å². The number of likely N-dealkylation sites (tertiary alicyclic amines) is 1. The molecular weight excluding hydrogens is 297 g/mol. The second-order valence-corrected chi connectivity index (χ2v) is 6.37. The number of nitrogens with zero attached hydrogens (tertiary/aromatic N) is 1. The maximum atomic E-state index is 13.2. The van der Waals surface area contributed by atoms with E-state index < -0.39 is 0 Å². The lowest BCUT2D eigenvalue weighted by molar-refractivity contribution is 0.123. The van der Waals surface area contributed by atoms with Crippen LogP contribution >= 0.6 is 15.9 Å². The Balaban J connectivity index is 1.66. The Bertz CT molecular complexity index is 453. The predicted octanol–water partition coefficient (Wildman–Crippen LogP) is 2.79. The molecule has 2 fully saturated rings. The van der Waals surface area contributed by atoms with E-state index in [9.17, 15) is 9.50 Å². The molecule has 0 radical (unpaired) electrons. The van der Waals surface area contributed by atoms with Crippen molar-refractivity contribution in [3.05, 3.63) is 34.1 Å². The Morgan fingerprint density at radius 3 is 2.89 bits per heavy atom. The van der Waals surface area contributed by atoms with Gasteiger partial charge in [0.2, 0.25) is 0 Å². The molecule has 1 heterocycles. The average Bonchev–Trinajstić information content (AvgIpc) is 2.87. The number of hydrogen-bond donors (Lipinski definition) is 1. The molecule has 3 atom stereocenters. The Kier molecular flexibility index (Phi) is 3.43. The Labute approximate surface area is 115 Å². The molecule has 2 nitrogen and oxygen atoms in total. The van der Waals surface area contributed by atoms with Crippen LogP contribution in [0.2, 0.25) is 0 Å². The van der Waals surface area contributed by atoms with Crippen LogP contribution < -0.4 is 0 Å². The minimum atomic E-state index is -0.215. The van der Waals surface area contributed by atoms with Crippen molar-refractivity contribution in [1.29, 1.82) is 0 Å². The van der Waals surface area contributed by atoms with E-state index in [2.05, 4.69) is 20.8 Å². The summed E-state index contributed by atoms with van der Waals surface area (Å²) in [5.74, 6) is 0.894. The Morgan fingerprint density at radius 1 is 1.33 bits per heavy atom. The van der Waals surface area contributed by atoms with Crippen molar-refractivity contribution in [2.75, 3.05) is 13.1 Å². The molecule has 0 bridgehead atoms. The van der Waals surface area contributed by atoms with Gasteiger partial charge in [-0.25, -0.2) is 4.39 Å². The summed E-state index contributed by atoms with van der Waals surface area (Å²) in [6.07, 6.45) is 2.00. The van der Waals surface area contributed by atoms with Gasteiger partial charge in [0.05, 0.1) is 10.6 Å². The summed E-state index contributed by atoms with van der Waals surface area (Å²) in [6, 6.07) is 5.19. The zero-order valence-corrected chi connectivity index (χ0v) is 11.7. The fourth-order valence-corrected chi connectivity index (χ4v) is 3.78. The van der Waals surface area contributed by atoms with Gasteiger partial charge in [-0.15, -0.1) is 0 Å². The zero-order valence-electron chi connectivity index (χ0n) is 10.1. The minimum Gasteiger partial charge on any atom is -0.393 e. The number of fused-ring (bicyclic) bond motifs is 1. The number of halogens is 2. The summed E-state index contributed by atoms with van der Waals surface area (Å²) in [5.41, 5.74) is 1.12. The van der Waals surface area contributed by atoms with Crippen molar-refractivity contribution in [3.63, 3.8) is 0 Å². The number of aliphatic hydroxyl groups excluding tert-OH is 1. The molecule has 0 aromatic heterocycles. The lowest BCUT2D eigenvalue weighted by atomic mass is 10.00. The van der Waals surface area contributed by atoms with E-state index in [0.29, 0.717) is 16.3 Å². The highest BCUT2D eigenvalue weighted by atomic mass is 79.9. The SMILES string of the molecule is OC1CCC2CN(Cc3ccc(F)c(Br)c3)CC12. The third-order valence-electron chi connectivity index (χ3n) is 4.28. The molecule has 1 saturated heterocycles. The van der Waals surface area contributed by atoms with E-state index in [1.807, 2.05) is 12.1 Å². The van der Waals surface area contributed by atoms with E-state index in [-0.39, 0.29) is 11.9 Å². The summed E-state index contributed by atoms with van der Waals surface area (Å²) < 4.78 is 13.7. The fraction of sp³-hybridized carbons (Fsp3) is 0.571. The van der Waals surface area contributed by atoms with Gasteiger partial charge in [-0.3, -0.25) is 4.90 Å². The highest BCUT2D eigenvalue weighted by Crippen LogP contribution is 2.38. The van der Waals surface area contributed by atoms with E-state index in [0.717, 1.165) is 38.0 Å². The maximum absolute atomic E-state index is 13.2. The molecule has 0 spiro atoms. The number of aliphatic hydroxyl groups is 1. The van der Waals surface area contributed by atoms with E-state index in [4.69, 9.17) is 0 Å². The maximum Gasteiger partial charge on any atom is 0.137 e. The van der Waals surface area contributed by atoms with Gasteiger partial charge in [0.15, 0.2) is 0 Å². The van der Waals surface area contributed by atoms with E-state index in [1.165, 1.54) is 6.07 Å². The fourth-order valence-electron chi connectivity index (χ4n) is 3.35. The third-order valence-corrected chi connectivity index (χ3v) is 4.89. The molecule has 1 aliphatic carbocycles. The van der Waals surface area contributed by atoms with Crippen LogP contribution in [0.5, 0.6) is 0 Å². The summed E-state index contributed by atoms with van der Waals surface area (Å²) in [4.78, 5) is 2.37. The van der Waals surface area contributed by atoms with Gasteiger partial charge in [-0.2, -0.15) is 0 Å². The van der Waals surface area contributed by atoms with Crippen LogP contribution in [0.25, 0.3) is 0 Å². The molecular formula is C14H17BrFNO. The number of hydrogen-bond acceptors (Lipinski definition) is 2. The monoisotopic (exact) mass is 313 g/mol. The second kappa shape index (κ2) is 4.91. The molecule has 1 aromatic rings. The molecule has 0 amide bonds. The molecule has 2 aliphatic rings. The first-order valence-corrected chi connectivity index (χ1v) is 7.27. The minimum absolute atomic E-state index is 0.111. The normalized spacial score (nSPS) is 31.8. The lowest BCUT2D eigenvalue weighted by Crippen LogP contribution is -2.24. The lowest BCUT2D eigenvalue weighted by Gasteiger charge is -2.18. The van der Waals surface area contributed by atoms with Crippen molar-refractivity contribution < 1.29 is 9.50 Å². The first-order valence-electron chi connectivity index (χ1n) is 6.48. The summed E-state index contributed by atoms with van der Waals surface area (Å²) in [5, 5.41) is 9.88. The first-order chi connectivity index (χ1) is 8.63. The Morgan fingerprint density at radius 2 is 2.17 bits per heavy atom. The van der Waals surface area contributed by atoms with Gasteiger partial charge in [0, 0.05) is 25.6 Å². The van der Waals surface area contributed by atoms with Crippen molar-refractivity contribution in [3.8, 4) is 0 Å². The molecule has 18 heavy (non-hydrogen) atoms. The van der Waals surface area contributed by atoms with Crippen LogP contribution in [0.4, 0.5) is 4.39 Å². The Hall–Kier alpha value is -0.450. The topological polar surface area (TPSA) is 23.5 Å². The quantitative estimate of drug-likeness (QED) is 0.907. The van der Waals surface area contributed by atoms with E-state index >= 15 is 0 Å². The molecule has 98 valence electrons. The van der Waals surface area contributed by atoms with Gasteiger partial charge in [-0.1, -0.05) is 6.07 Å². The van der Waals surface area contributed by atoms with Gasteiger partial charge in [0.1, 0.15) is 5.82 Å². The van der Waals surface area contributed by atoms with Crippen molar-refractivity contribution in [1.82, 2.24) is 4.90 Å². The second-order valence-electron chi connectivity index (χ2n) is 5.51. The van der Waals surface area contributed by atoms with Crippen LogP contribution in [0, 0.1) is 17.7 Å². The van der Waals surface area contributed by atoms with Gasteiger partial charge < -0.3 is 5.11 Å². The van der Waals surface area contributed by atoms with Crippen LogP contribution in [0.3, 0.4) is 0 Å². The van der Waals surface area contributed by atoms with Crippen molar-refractivity contribution in [2.45, 2.75) is 25.5 Å². The summed E-state index contributed by atoms with van der Waals surface area (Å²) >= 11 is 3.22. The van der Waals surface area contributed by atoms with Crippen LogP contribution in [0.1, 0.15) is 18.4 Å². The zero-order chi connectivity index (χ0) is 12.7. The van der Waals surface area contributed by atoms with Crippen LogP contribution in [0.15, 0.2) is 22.7 Å². The molecule has 3 unspecified atom stereocenters. The van der Waals surface area contributed by atoms with Crippen molar-refractivity contribution >= 4 is 15.9 Å². The first kappa shape index (κ1) is 12.6. The van der Waals surface area contributed by atoms with Crippen LogP contribution in [-0.4, -0.2) is 29.2 Å². The average molecular weight is 314 g/mol. The molecule has 3 rings (SSSR count).